The summed E-state index contributed by atoms with van der Waals surface area (Å²) in [5, 5.41) is 11.6. The number of carbonyl (C=O) groups excluding carboxylic acids is 1. The predicted molar refractivity (Wildman–Crippen MR) is 88.1 cm³/mol. The number of likely N-dealkylation sites (N-methyl/N-ethyl adjacent to an activating group) is 1. The lowest BCUT2D eigenvalue weighted by molar-refractivity contribution is -0.126. The highest BCUT2D eigenvalue weighted by Crippen LogP contribution is 2.21. The van der Waals surface area contributed by atoms with E-state index in [0.29, 0.717) is 5.56 Å². The van der Waals surface area contributed by atoms with Gasteiger partial charge in [-0.2, -0.15) is 0 Å². The summed E-state index contributed by atoms with van der Waals surface area (Å²) in [6.07, 6.45) is 0. The summed E-state index contributed by atoms with van der Waals surface area (Å²) in [5.74, 6) is -1.76. The molecule has 0 aliphatic rings. The van der Waals surface area contributed by atoms with Crippen LogP contribution in [0.25, 0.3) is 0 Å². The number of rotatable bonds is 6. The van der Waals surface area contributed by atoms with Gasteiger partial charge in [-0.1, -0.05) is 30.3 Å². The van der Waals surface area contributed by atoms with Crippen LogP contribution in [0.5, 0.6) is 0 Å². The van der Waals surface area contributed by atoms with Crippen molar-refractivity contribution < 1.29 is 19.1 Å². The molecular weight excluding hydrogens is 311 g/mol. The van der Waals surface area contributed by atoms with Crippen molar-refractivity contribution in [1.29, 1.82) is 0 Å². The Morgan fingerprint density at radius 1 is 1.12 bits per heavy atom. The van der Waals surface area contributed by atoms with Crippen molar-refractivity contribution in [2.45, 2.75) is 12.6 Å². The fourth-order valence-corrected chi connectivity index (χ4v) is 2.40. The zero-order chi connectivity index (χ0) is 17.7. The summed E-state index contributed by atoms with van der Waals surface area (Å²) in [6.45, 7) is 0.234. The van der Waals surface area contributed by atoms with Gasteiger partial charge in [-0.05, 0) is 37.9 Å². The van der Waals surface area contributed by atoms with Gasteiger partial charge in [0, 0.05) is 12.1 Å². The molecule has 0 fully saturated rings. The molecule has 0 aliphatic carbocycles. The lowest BCUT2D eigenvalue weighted by atomic mass is 10.0. The number of aromatic carboxylic acids is 1. The molecule has 2 rings (SSSR count). The second-order valence-electron chi connectivity index (χ2n) is 5.61. The lowest BCUT2D eigenvalue weighted by Crippen LogP contribution is -2.37. The van der Waals surface area contributed by atoms with Crippen LogP contribution in [0.2, 0.25) is 0 Å². The molecule has 5 nitrogen and oxygen atoms in total. The molecule has 1 amide bonds. The van der Waals surface area contributed by atoms with Gasteiger partial charge in [0.05, 0.1) is 5.56 Å². The number of carbonyl (C=O) groups is 2. The van der Waals surface area contributed by atoms with E-state index in [-0.39, 0.29) is 18.0 Å². The highest BCUT2D eigenvalue weighted by atomic mass is 19.1. The van der Waals surface area contributed by atoms with Crippen molar-refractivity contribution in [3.63, 3.8) is 0 Å². The summed E-state index contributed by atoms with van der Waals surface area (Å²) in [7, 11) is 3.41. The van der Waals surface area contributed by atoms with Crippen LogP contribution in [0, 0.1) is 5.82 Å². The van der Waals surface area contributed by atoms with Crippen molar-refractivity contribution >= 4 is 11.9 Å². The zero-order valence-corrected chi connectivity index (χ0v) is 13.5. The topological polar surface area (TPSA) is 69.6 Å². The zero-order valence-electron chi connectivity index (χ0n) is 13.5. The molecule has 0 radical (unpaired) electrons. The third-order valence-corrected chi connectivity index (χ3v) is 3.63. The molecule has 2 N–H and O–H groups in total. The number of nitrogens with one attached hydrogen (secondary N) is 1. The molecule has 0 spiro atoms. The number of hydrogen-bond donors (Lipinski definition) is 2. The maximum atomic E-state index is 14.0. The summed E-state index contributed by atoms with van der Waals surface area (Å²) in [5.41, 5.74) is 1.25. The number of halogens is 1. The first kappa shape index (κ1) is 17.6. The number of hydrogen-bond acceptors (Lipinski definition) is 3. The first-order valence-electron chi connectivity index (χ1n) is 7.41. The number of carboxylic acids is 1. The van der Waals surface area contributed by atoms with Gasteiger partial charge in [0.2, 0.25) is 5.91 Å². The van der Waals surface area contributed by atoms with E-state index in [4.69, 9.17) is 5.11 Å². The van der Waals surface area contributed by atoms with E-state index in [0.717, 1.165) is 5.56 Å². The summed E-state index contributed by atoms with van der Waals surface area (Å²) >= 11 is 0. The Kier molecular flexibility index (Phi) is 5.65. The third kappa shape index (κ3) is 4.17. The van der Waals surface area contributed by atoms with Crippen LogP contribution in [0.1, 0.15) is 27.5 Å². The third-order valence-electron chi connectivity index (χ3n) is 3.63. The second-order valence-corrected chi connectivity index (χ2v) is 5.61. The summed E-state index contributed by atoms with van der Waals surface area (Å²) < 4.78 is 14.0. The Morgan fingerprint density at radius 3 is 2.29 bits per heavy atom. The second kappa shape index (κ2) is 7.70. The molecule has 0 heterocycles. The first-order chi connectivity index (χ1) is 11.4. The molecular formula is C18H19FN2O3. The Hall–Kier alpha value is -2.73. The molecule has 0 saturated carbocycles. The molecule has 6 heteroatoms. The molecule has 126 valence electrons. The van der Waals surface area contributed by atoms with Gasteiger partial charge >= 0.3 is 5.97 Å². The minimum absolute atomic E-state index is 0.183. The largest absolute Gasteiger partial charge is 0.478 e. The molecule has 0 saturated heterocycles. The average molecular weight is 330 g/mol. The van der Waals surface area contributed by atoms with E-state index >= 15 is 0 Å². The molecule has 1 atom stereocenters. The highest BCUT2D eigenvalue weighted by Gasteiger charge is 2.25. The van der Waals surface area contributed by atoms with E-state index in [2.05, 4.69) is 5.32 Å². The molecule has 0 aromatic heterocycles. The smallest absolute Gasteiger partial charge is 0.335 e. The van der Waals surface area contributed by atoms with Gasteiger partial charge in [-0.15, -0.1) is 0 Å². The number of benzene rings is 2. The van der Waals surface area contributed by atoms with Gasteiger partial charge in [0.1, 0.15) is 11.9 Å². The van der Waals surface area contributed by atoms with Gasteiger partial charge < -0.3 is 10.4 Å². The van der Waals surface area contributed by atoms with Gasteiger partial charge in [0.15, 0.2) is 0 Å². The van der Waals surface area contributed by atoms with Gasteiger partial charge in [-0.25, -0.2) is 9.18 Å². The van der Waals surface area contributed by atoms with Gasteiger partial charge in [0.25, 0.3) is 0 Å². The molecule has 2 aromatic carbocycles. The minimum Gasteiger partial charge on any atom is -0.478 e. The molecule has 1 unspecified atom stereocenters. The number of nitrogens with zero attached hydrogens (tertiary/aromatic N) is 1. The van der Waals surface area contributed by atoms with Crippen LogP contribution < -0.4 is 5.32 Å². The quantitative estimate of drug-likeness (QED) is 0.853. The molecule has 0 bridgehead atoms. The van der Waals surface area contributed by atoms with Crippen LogP contribution in [-0.2, 0) is 11.3 Å². The van der Waals surface area contributed by atoms with Crippen molar-refractivity contribution in [1.82, 2.24) is 10.2 Å². The van der Waals surface area contributed by atoms with E-state index in [1.807, 2.05) is 0 Å². The summed E-state index contributed by atoms with van der Waals surface area (Å²) in [4.78, 5) is 24.9. The van der Waals surface area contributed by atoms with Crippen LogP contribution >= 0.6 is 0 Å². The normalized spacial score (nSPS) is 12.0. The maximum absolute atomic E-state index is 14.0. The van der Waals surface area contributed by atoms with Crippen molar-refractivity contribution in [3.05, 3.63) is 71.0 Å². The SMILES string of the molecule is CN(C)C(C(=O)NCc1ccc(C(=O)O)cc1)c1ccccc1F. The number of carboxylic acid groups (broad SMARTS) is 1. The van der Waals surface area contributed by atoms with E-state index < -0.39 is 17.8 Å². The maximum Gasteiger partial charge on any atom is 0.335 e. The van der Waals surface area contributed by atoms with Crippen molar-refractivity contribution in [2.75, 3.05) is 14.1 Å². The van der Waals surface area contributed by atoms with Crippen LogP contribution in [0.15, 0.2) is 48.5 Å². The first-order valence-corrected chi connectivity index (χ1v) is 7.41. The summed E-state index contributed by atoms with van der Waals surface area (Å²) in [6, 6.07) is 11.7. The Bertz CT molecular complexity index is 729. The molecule has 0 aliphatic heterocycles. The monoisotopic (exact) mass is 330 g/mol. The fraction of sp³-hybridized carbons (Fsp3) is 0.222. The van der Waals surface area contributed by atoms with E-state index in [9.17, 15) is 14.0 Å². The van der Waals surface area contributed by atoms with Crippen molar-refractivity contribution in [2.24, 2.45) is 0 Å². The van der Waals surface area contributed by atoms with Crippen LogP contribution in [0.4, 0.5) is 4.39 Å². The molecule has 24 heavy (non-hydrogen) atoms. The number of amides is 1. The fourth-order valence-electron chi connectivity index (χ4n) is 2.40. The van der Waals surface area contributed by atoms with Crippen LogP contribution in [0.3, 0.4) is 0 Å². The van der Waals surface area contributed by atoms with E-state index in [1.165, 1.54) is 18.2 Å². The van der Waals surface area contributed by atoms with Gasteiger partial charge in [-0.3, -0.25) is 9.69 Å². The minimum atomic E-state index is -1.00. The predicted octanol–water partition coefficient (Wildman–Crippen LogP) is 2.44. The highest BCUT2D eigenvalue weighted by molar-refractivity contribution is 5.87. The van der Waals surface area contributed by atoms with Crippen LogP contribution in [-0.4, -0.2) is 36.0 Å². The standard InChI is InChI=1S/C18H19FN2O3/c1-21(2)16(14-5-3-4-6-15(14)19)17(22)20-11-12-7-9-13(10-8-12)18(23)24/h3-10,16H,11H2,1-2H3,(H,20,22)(H,23,24). The molecule has 2 aromatic rings. The Balaban J connectivity index is 2.09. The lowest BCUT2D eigenvalue weighted by Gasteiger charge is -2.24. The van der Waals surface area contributed by atoms with E-state index in [1.54, 1.807) is 49.3 Å². The van der Waals surface area contributed by atoms with Crippen molar-refractivity contribution in [3.8, 4) is 0 Å². The Labute approximate surface area is 139 Å². The Morgan fingerprint density at radius 2 is 1.75 bits per heavy atom. The average Bonchev–Trinajstić information content (AvgIpc) is 2.55.